The van der Waals surface area contributed by atoms with Gasteiger partial charge in [-0.15, -0.1) is 0 Å². The first-order valence-electron chi connectivity index (χ1n) is 8.41. The van der Waals surface area contributed by atoms with Crippen LogP contribution in [0.4, 0.5) is 5.69 Å². The molecule has 2 aromatic carbocycles. The molecule has 0 aliphatic rings. The molecule has 0 aliphatic heterocycles. The van der Waals surface area contributed by atoms with Gasteiger partial charge in [0.2, 0.25) is 9.84 Å². The number of para-hydroxylation sites is 2. The summed E-state index contributed by atoms with van der Waals surface area (Å²) < 4.78 is 30.7. The van der Waals surface area contributed by atoms with Crippen molar-refractivity contribution < 1.29 is 17.9 Å². The Bertz CT molecular complexity index is 1080. The summed E-state index contributed by atoms with van der Waals surface area (Å²) in [5.74, 6) is 0.128. The number of hydrogen-bond acceptors (Lipinski definition) is 5. The lowest BCUT2D eigenvalue weighted by Gasteiger charge is -2.11. The molecule has 8 heteroatoms. The Hall–Kier alpha value is -2.90. The van der Waals surface area contributed by atoms with Crippen LogP contribution >= 0.6 is 11.6 Å². The number of nitrogens with one attached hydrogen (secondary N) is 1. The van der Waals surface area contributed by atoms with Crippen LogP contribution in [0.3, 0.4) is 0 Å². The van der Waals surface area contributed by atoms with Gasteiger partial charge in [0, 0.05) is 11.2 Å². The number of amides is 1. The third-order valence-corrected chi connectivity index (χ3v) is 5.77. The Morgan fingerprint density at radius 3 is 2.43 bits per heavy atom. The zero-order valence-electron chi connectivity index (χ0n) is 14.9. The third kappa shape index (κ3) is 4.32. The molecule has 6 nitrogen and oxygen atoms in total. The van der Waals surface area contributed by atoms with E-state index in [0.717, 1.165) is 0 Å². The number of ether oxygens (including phenoxy) is 1. The van der Waals surface area contributed by atoms with Crippen molar-refractivity contribution in [2.45, 2.75) is 16.8 Å². The third-order valence-electron chi connectivity index (χ3n) is 3.83. The van der Waals surface area contributed by atoms with Gasteiger partial charge in [-0.2, -0.15) is 0 Å². The lowest BCUT2D eigenvalue weighted by molar-refractivity contribution is 0.102. The van der Waals surface area contributed by atoms with E-state index in [2.05, 4.69) is 10.3 Å². The van der Waals surface area contributed by atoms with E-state index < -0.39 is 15.7 Å². The first kappa shape index (κ1) is 19.9. The van der Waals surface area contributed by atoms with Crippen LogP contribution in [0.1, 0.15) is 17.3 Å². The van der Waals surface area contributed by atoms with Crippen LogP contribution in [0.5, 0.6) is 5.75 Å². The summed E-state index contributed by atoms with van der Waals surface area (Å²) in [6.07, 6.45) is 1.22. The zero-order chi connectivity index (χ0) is 20.1. The monoisotopic (exact) mass is 416 g/mol. The Balaban J connectivity index is 1.81. The minimum Gasteiger partial charge on any atom is -0.492 e. The SMILES string of the molecule is CCOc1ccccc1NC(=O)c1ccc(S(=O)(=O)c2ccc(Cl)cc2)nc1. The van der Waals surface area contributed by atoms with Crippen molar-refractivity contribution in [2.75, 3.05) is 11.9 Å². The molecule has 0 fully saturated rings. The van der Waals surface area contributed by atoms with Crippen molar-refractivity contribution in [3.63, 3.8) is 0 Å². The molecule has 0 radical (unpaired) electrons. The van der Waals surface area contributed by atoms with E-state index in [0.29, 0.717) is 23.1 Å². The molecule has 0 bridgehead atoms. The highest BCUT2D eigenvalue weighted by Crippen LogP contribution is 2.25. The molecule has 3 aromatic rings. The van der Waals surface area contributed by atoms with Gasteiger partial charge in [-0.1, -0.05) is 23.7 Å². The predicted molar refractivity (Wildman–Crippen MR) is 107 cm³/mol. The minimum absolute atomic E-state index is 0.0762. The first-order valence-corrected chi connectivity index (χ1v) is 10.3. The Kier molecular flexibility index (Phi) is 5.96. The second-order valence-corrected chi connectivity index (χ2v) is 8.06. The maximum Gasteiger partial charge on any atom is 0.257 e. The number of sulfone groups is 1. The van der Waals surface area contributed by atoms with Gasteiger partial charge in [0.15, 0.2) is 5.03 Å². The van der Waals surface area contributed by atoms with E-state index in [1.54, 1.807) is 24.3 Å². The fourth-order valence-corrected chi connectivity index (χ4v) is 3.75. The van der Waals surface area contributed by atoms with Crippen molar-refractivity contribution in [1.29, 1.82) is 0 Å². The molecule has 0 atom stereocenters. The van der Waals surface area contributed by atoms with Gasteiger partial charge >= 0.3 is 0 Å². The Labute approximate surface area is 168 Å². The van der Waals surface area contributed by atoms with E-state index in [1.807, 2.05) is 6.92 Å². The van der Waals surface area contributed by atoms with Gasteiger partial charge in [-0.05, 0) is 55.5 Å². The molecule has 1 amide bonds. The Morgan fingerprint density at radius 1 is 1.07 bits per heavy atom. The van der Waals surface area contributed by atoms with Gasteiger partial charge in [0.05, 0.1) is 22.8 Å². The molecule has 1 N–H and O–H groups in total. The lowest BCUT2D eigenvalue weighted by Crippen LogP contribution is -2.14. The highest BCUT2D eigenvalue weighted by Gasteiger charge is 2.20. The van der Waals surface area contributed by atoms with E-state index in [4.69, 9.17) is 16.3 Å². The van der Waals surface area contributed by atoms with Crippen molar-refractivity contribution in [3.05, 3.63) is 77.4 Å². The fraction of sp³-hybridized carbons (Fsp3) is 0.100. The number of aromatic nitrogens is 1. The van der Waals surface area contributed by atoms with Gasteiger partial charge < -0.3 is 10.1 Å². The average Bonchev–Trinajstić information content (AvgIpc) is 2.70. The summed E-state index contributed by atoms with van der Waals surface area (Å²) in [7, 11) is -3.79. The van der Waals surface area contributed by atoms with Crippen LogP contribution in [0, 0.1) is 0 Å². The predicted octanol–water partition coefficient (Wildman–Crippen LogP) is 4.22. The summed E-state index contributed by atoms with van der Waals surface area (Å²) in [5, 5.41) is 3.02. The molecule has 0 spiro atoms. The molecule has 3 rings (SSSR count). The molecule has 28 heavy (non-hydrogen) atoms. The van der Waals surface area contributed by atoms with E-state index in [-0.39, 0.29) is 15.5 Å². The topological polar surface area (TPSA) is 85.4 Å². The second-order valence-electron chi connectivity index (χ2n) is 5.73. The largest absolute Gasteiger partial charge is 0.492 e. The van der Waals surface area contributed by atoms with E-state index >= 15 is 0 Å². The lowest BCUT2D eigenvalue weighted by atomic mass is 10.2. The standard InChI is InChI=1S/C20H17ClN2O4S/c1-2-27-18-6-4-3-5-17(18)23-20(24)14-7-12-19(22-13-14)28(25,26)16-10-8-15(21)9-11-16/h3-13H,2H2,1H3,(H,23,24). The van der Waals surface area contributed by atoms with Crippen molar-refractivity contribution in [1.82, 2.24) is 4.98 Å². The quantitative estimate of drug-likeness (QED) is 0.650. The number of nitrogens with zero attached hydrogens (tertiary/aromatic N) is 1. The van der Waals surface area contributed by atoms with E-state index in [9.17, 15) is 13.2 Å². The van der Waals surface area contributed by atoms with Crippen LogP contribution in [0.25, 0.3) is 0 Å². The van der Waals surface area contributed by atoms with Gasteiger partial charge in [0.1, 0.15) is 5.75 Å². The highest BCUT2D eigenvalue weighted by molar-refractivity contribution is 7.91. The number of pyridine rings is 1. The fourth-order valence-electron chi connectivity index (χ4n) is 2.45. The van der Waals surface area contributed by atoms with Gasteiger partial charge in [-0.3, -0.25) is 4.79 Å². The molecular formula is C20H17ClN2O4S. The zero-order valence-corrected chi connectivity index (χ0v) is 16.5. The van der Waals surface area contributed by atoms with Crippen LogP contribution in [-0.2, 0) is 9.84 Å². The van der Waals surface area contributed by atoms with Crippen LogP contribution in [0.15, 0.2) is 76.8 Å². The molecular weight excluding hydrogens is 400 g/mol. The average molecular weight is 417 g/mol. The molecule has 0 saturated heterocycles. The molecule has 1 aromatic heterocycles. The minimum atomic E-state index is -3.79. The number of halogens is 1. The summed E-state index contributed by atoms with van der Waals surface area (Å²) >= 11 is 5.80. The Morgan fingerprint density at radius 2 is 1.79 bits per heavy atom. The van der Waals surface area contributed by atoms with E-state index in [1.165, 1.54) is 42.6 Å². The first-order chi connectivity index (χ1) is 13.4. The van der Waals surface area contributed by atoms with Crippen LogP contribution in [0.2, 0.25) is 5.02 Å². The van der Waals surface area contributed by atoms with Crippen LogP contribution < -0.4 is 10.1 Å². The maximum atomic E-state index is 12.6. The smallest absolute Gasteiger partial charge is 0.257 e. The summed E-state index contributed by atoms with van der Waals surface area (Å²) in [6, 6.07) is 15.6. The summed E-state index contributed by atoms with van der Waals surface area (Å²) in [5.41, 5.74) is 0.744. The number of carbonyl (C=O) groups is 1. The maximum absolute atomic E-state index is 12.6. The number of carbonyl (C=O) groups excluding carboxylic acids is 1. The number of anilines is 1. The molecule has 1 heterocycles. The van der Waals surface area contributed by atoms with Crippen molar-refractivity contribution >= 4 is 33.0 Å². The molecule has 144 valence electrons. The summed E-state index contributed by atoms with van der Waals surface area (Å²) in [4.78, 5) is 16.5. The van der Waals surface area contributed by atoms with Gasteiger partial charge in [-0.25, -0.2) is 13.4 Å². The van der Waals surface area contributed by atoms with Gasteiger partial charge in [0.25, 0.3) is 5.91 Å². The van der Waals surface area contributed by atoms with Crippen LogP contribution in [-0.4, -0.2) is 25.9 Å². The number of hydrogen-bond donors (Lipinski definition) is 1. The second kappa shape index (κ2) is 8.41. The number of benzene rings is 2. The van der Waals surface area contributed by atoms with Crippen molar-refractivity contribution in [3.8, 4) is 5.75 Å². The molecule has 0 saturated carbocycles. The molecule has 0 unspecified atom stereocenters. The van der Waals surface area contributed by atoms with Crippen molar-refractivity contribution in [2.24, 2.45) is 0 Å². The summed E-state index contributed by atoms with van der Waals surface area (Å²) in [6.45, 7) is 2.31. The molecule has 0 aliphatic carbocycles. The normalized spacial score (nSPS) is 11.1. The highest BCUT2D eigenvalue weighted by atomic mass is 35.5. The number of rotatable bonds is 6.